The lowest BCUT2D eigenvalue weighted by Crippen LogP contribution is -2.62. The van der Waals surface area contributed by atoms with E-state index < -0.39 is 29.8 Å². The van der Waals surface area contributed by atoms with Crippen LogP contribution >= 0.6 is 0 Å². The molecule has 0 aromatic carbocycles. The second-order valence-electron chi connectivity index (χ2n) is 4.60. The zero-order valence-electron chi connectivity index (χ0n) is 11.2. The van der Waals surface area contributed by atoms with Crippen molar-refractivity contribution in [1.29, 1.82) is 0 Å². The summed E-state index contributed by atoms with van der Waals surface area (Å²) in [6.07, 6.45) is -9.58. The molecular weight excluding hydrogens is 274 g/mol. The Bertz CT molecular complexity index is 250. The Morgan fingerprint density at radius 1 is 0.895 bits per heavy atom. The standard InChI is InChI=1S/C10H14F6O.C2H6/c1-6(7-4-2-3-5-7)8(17,9(11,12)13)10(14,15)16;1-2/h6-7,17H,2-5H2,1H3;1-2H3. The minimum Gasteiger partial charge on any atom is -0.373 e. The molecule has 116 valence electrons. The van der Waals surface area contributed by atoms with Crippen molar-refractivity contribution in [2.24, 2.45) is 11.8 Å². The third kappa shape index (κ3) is 3.55. The molecule has 0 heterocycles. The molecule has 0 aromatic rings. The number of hydrogen-bond donors (Lipinski definition) is 1. The fourth-order valence-corrected chi connectivity index (χ4v) is 2.48. The van der Waals surface area contributed by atoms with Crippen LogP contribution in [0.25, 0.3) is 0 Å². The summed E-state index contributed by atoms with van der Waals surface area (Å²) in [5.41, 5.74) is -4.60. The largest absolute Gasteiger partial charge is 0.426 e. The summed E-state index contributed by atoms with van der Waals surface area (Å²) in [5, 5.41) is 9.16. The minimum atomic E-state index is -5.70. The van der Waals surface area contributed by atoms with E-state index in [4.69, 9.17) is 5.11 Å². The summed E-state index contributed by atoms with van der Waals surface area (Å²) in [7, 11) is 0. The van der Waals surface area contributed by atoms with E-state index in [2.05, 4.69) is 0 Å². The molecular formula is C12H20F6O. The van der Waals surface area contributed by atoms with Gasteiger partial charge < -0.3 is 5.11 Å². The van der Waals surface area contributed by atoms with Crippen molar-refractivity contribution in [2.45, 2.75) is 64.4 Å². The van der Waals surface area contributed by atoms with Gasteiger partial charge in [-0.15, -0.1) is 0 Å². The smallest absolute Gasteiger partial charge is 0.373 e. The Morgan fingerprint density at radius 3 is 1.47 bits per heavy atom. The van der Waals surface area contributed by atoms with Gasteiger partial charge in [-0.1, -0.05) is 46.5 Å². The van der Waals surface area contributed by atoms with Gasteiger partial charge in [0.1, 0.15) is 0 Å². The van der Waals surface area contributed by atoms with Crippen LogP contribution < -0.4 is 0 Å². The second-order valence-corrected chi connectivity index (χ2v) is 4.60. The van der Waals surface area contributed by atoms with Crippen molar-refractivity contribution in [3.8, 4) is 0 Å². The highest BCUT2D eigenvalue weighted by atomic mass is 19.4. The van der Waals surface area contributed by atoms with E-state index in [1.54, 1.807) is 0 Å². The van der Waals surface area contributed by atoms with E-state index in [-0.39, 0.29) is 0 Å². The summed E-state index contributed by atoms with van der Waals surface area (Å²) in [4.78, 5) is 0. The summed E-state index contributed by atoms with van der Waals surface area (Å²) in [6.45, 7) is 4.83. The van der Waals surface area contributed by atoms with Crippen LogP contribution in [0.3, 0.4) is 0 Å². The van der Waals surface area contributed by atoms with Crippen LogP contribution in [0.15, 0.2) is 0 Å². The maximum absolute atomic E-state index is 12.5. The molecule has 0 bridgehead atoms. The number of rotatable bonds is 2. The predicted octanol–water partition coefficient (Wildman–Crippen LogP) is 4.69. The molecule has 1 atom stereocenters. The summed E-state index contributed by atoms with van der Waals surface area (Å²) in [6, 6.07) is 0. The molecule has 19 heavy (non-hydrogen) atoms. The Morgan fingerprint density at radius 2 is 1.21 bits per heavy atom. The average Bonchev–Trinajstić information content (AvgIpc) is 2.80. The average molecular weight is 294 g/mol. The Kier molecular flexibility index (Phi) is 6.17. The third-order valence-electron chi connectivity index (χ3n) is 3.63. The first-order valence-electron chi connectivity index (χ1n) is 6.37. The molecule has 1 rings (SSSR count). The Hall–Kier alpha value is -0.460. The molecule has 1 N–H and O–H groups in total. The van der Waals surface area contributed by atoms with E-state index in [1.165, 1.54) is 0 Å². The van der Waals surface area contributed by atoms with Gasteiger partial charge in [0.25, 0.3) is 5.60 Å². The van der Waals surface area contributed by atoms with Gasteiger partial charge in [-0.3, -0.25) is 0 Å². The van der Waals surface area contributed by atoms with Crippen LogP contribution in [-0.2, 0) is 0 Å². The Balaban J connectivity index is 0.00000154. The molecule has 1 nitrogen and oxygen atoms in total. The summed E-state index contributed by atoms with van der Waals surface area (Å²) in [5.74, 6) is -2.60. The van der Waals surface area contributed by atoms with Gasteiger partial charge in [0.05, 0.1) is 0 Å². The maximum atomic E-state index is 12.5. The van der Waals surface area contributed by atoms with Crippen LogP contribution in [0.4, 0.5) is 26.3 Å². The molecule has 0 radical (unpaired) electrons. The fraction of sp³-hybridized carbons (Fsp3) is 1.00. The molecule has 0 aliphatic heterocycles. The molecule has 1 fully saturated rings. The van der Waals surface area contributed by atoms with Crippen LogP contribution in [0.2, 0.25) is 0 Å². The molecule has 0 saturated heterocycles. The van der Waals surface area contributed by atoms with Gasteiger partial charge in [0.2, 0.25) is 0 Å². The van der Waals surface area contributed by atoms with E-state index >= 15 is 0 Å². The van der Waals surface area contributed by atoms with Gasteiger partial charge in [0, 0.05) is 5.92 Å². The van der Waals surface area contributed by atoms with Crippen molar-refractivity contribution >= 4 is 0 Å². The summed E-state index contributed by atoms with van der Waals surface area (Å²) >= 11 is 0. The first kappa shape index (κ1) is 18.5. The maximum Gasteiger partial charge on any atom is 0.426 e. The minimum absolute atomic E-state index is 0.301. The first-order valence-corrected chi connectivity index (χ1v) is 6.37. The normalized spacial score (nSPS) is 19.9. The van der Waals surface area contributed by atoms with Gasteiger partial charge >= 0.3 is 12.4 Å². The second kappa shape index (κ2) is 6.33. The van der Waals surface area contributed by atoms with Crippen LogP contribution in [-0.4, -0.2) is 23.1 Å². The van der Waals surface area contributed by atoms with Crippen molar-refractivity contribution in [1.82, 2.24) is 0 Å². The highest BCUT2D eigenvalue weighted by molar-refractivity contribution is 5.00. The lowest BCUT2D eigenvalue weighted by molar-refractivity contribution is -0.387. The topological polar surface area (TPSA) is 20.2 Å². The first-order chi connectivity index (χ1) is 8.52. The van der Waals surface area contributed by atoms with Crippen LogP contribution in [0.1, 0.15) is 46.5 Å². The molecule has 1 aliphatic rings. The van der Waals surface area contributed by atoms with Crippen molar-refractivity contribution in [2.75, 3.05) is 0 Å². The zero-order valence-corrected chi connectivity index (χ0v) is 11.2. The quantitative estimate of drug-likeness (QED) is 0.732. The lowest BCUT2D eigenvalue weighted by Gasteiger charge is -2.39. The highest BCUT2D eigenvalue weighted by Gasteiger charge is 2.73. The molecule has 1 unspecified atom stereocenters. The van der Waals surface area contributed by atoms with Crippen molar-refractivity contribution < 1.29 is 31.4 Å². The van der Waals surface area contributed by atoms with Crippen molar-refractivity contribution in [3.63, 3.8) is 0 Å². The van der Waals surface area contributed by atoms with Crippen LogP contribution in [0, 0.1) is 11.8 Å². The van der Waals surface area contributed by atoms with Crippen LogP contribution in [0.5, 0.6) is 0 Å². The summed E-state index contributed by atoms with van der Waals surface area (Å²) < 4.78 is 75.2. The number of alkyl halides is 6. The number of hydrogen-bond acceptors (Lipinski definition) is 1. The van der Waals surface area contributed by atoms with Gasteiger partial charge in [0.15, 0.2) is 0 Å². The van der Waals surface area contributed by atoms with Gasteiger partial charge in [-0.2, -0.15) is 26.3 Å². The van der Waals surface area contributed by atoms with E-state index in [0.717, 1.165) is 6.92 Å². The molecule has 7 heteroatoms. The van der Waals surface area contributed by atoms with Gasteiger partial charge in [-0.05, 0) is 5.92 Å². The number of aliphatic hydroxyl groups is 1. The molecule has 1 aliphatic carbocycles. The third-order valence-corrected chi connectivity index (χ3v) is 3.63. The zero-order chi connectivity index (χ0) is 15.5. The predicted molar refractivity (Wildman–Crippen MR) is 59.5 cm³/mol. The molecule has 1 saturated carbocycles. The molecule has 0 aromatic heterocycles. The SMILES string of the molecule is CC.CC(C1CCCC1)C(O)(C(F)(F)F)C(F)(F)F. The Labute approximate surface area is 109 Å². The van der Waals surface area contributed by atoms with E-state index in [1.807, 2.05) is 13.8 Å². The molecule has 0 spiro atoms. The number of halogens is 6. The fourth-order valence-electron chi connectivity index (χ4n) is 2.48. The lowest BCUT2D eigenvalue weighted by atomic mass is 9.77. The molecule has 0 amide bonds. The van der Waals surface area contributed by atoms with E-state index in [9.17, 15) is 26.3 Å². The van der Waals surface area contributed by atoms with Crippen molar-refractivity contribution in [3.05, 3.63) is 0 Å². The monoisotopic (exact) mass is 294 g/mol. The van der Waals surface area contributed by atoms with Gasteiger partial charge in [-0.25, -0.2) is 0 Å². The van der Waals surface area contributed by atoms with E-state index in [0.29, 0.717) is 25.7 Å². The highest BCUT2D eigenvalue weighted by Crippen LogP contribution is 2.51.